The number of fused-ring (bicyclic) bond motifs is 1. The van der Waals surface area contributed by atoms with Crippen LogP contribution in [0.3, 0.4) is 0 Å². The fraction of sp³-hybridized carbons (Fsp3) is 0.0455. The number of hydrogen-bond donors (Lipinski definition) is 2. The number of benzene rings is 2. The molecule has 29 heavy (non-hydrogen) atoms. The van der Waals surface area contributed by atoms with E-state index in [9.17, 15) is 9.90 Å². The van der Waals surface area contributed by atoms with Crippen molar-refractivity contribution in [2.75, 3.05) is 11.4 Å². The zero-order chi connectivity index (χ0) is 20.0. The molecule has 0 amide bonds. The Balaban J connectivity index is 1.48. The number of nitrogens with zero attached hydrogens (tertiary/aromatic N) is 2. The summed E-state index contributed by atoms with van der Waals surface area (Å²) in [5.41, 5.74) is 3.07. The lowest BCUT2D eigenvalue weighted by Crippen LogP contribution is -2.25. The summed E-state index contributed by atoms with van der Waals surface area (Å²) >= 11 is 1.40. The number of nitrogens with one attached hydrogen (secondary N) is 1. The van der Waals surface area contributed by atoms with Crippen LogP contribution < -0.4 is 10.5 Å². The van der Waals surface area contributed by atoms with Crippen molar-refractivity contribution in [3.05, 3.63) is 87.2 Å². The van der Waals surface area contributed by atoms with Crippen LogP contribution in [-0.4, -0.2) is 22.5 Å². The van der Waals surface area contributed by atoms with Gasteiger partial charge in [0.25, 0.3) is 0 Å². The first-order valence-electron chi connectivity index (χ1n) is 8.94. The van der Waals surface area contributed by atoms with Gasteiger partial charge in [-0.1, -0.05) is 30.3 Å². The van der Waals surface area contributed by atoms with Crippen molar-refractivity contribution in [2.24, 2.45) is 0 Å². The molecule has 4 aromatic rings. The molecule has 0 saturated heterocycles. The molecule has 1 aliphatic heterocycles. The highest BCUT2D eigenvalue weighted by Gasteiger charge is 2.31. The molecule has 0 saturated carbocycles. The molecule has 7 heteroatoms. The normalized spacial score (nSPS) is 14.2. The van der Waals surface area contributed by atoms with E-state index in [0.29, 0.717) is 16.2 Å². The number of hydrogen-bond acceptors (Lipinski definition) is 6. The molecule has 142 valence electrons. The Hall–Kier alpha value is -3.71. The lowest BCUT2D eigenvalue weighted by molar-refractivity contribution is 0.411. The molecule has 1 aliphatic rings. The molecule has 0 atom stereocenters. The zero-order valence-electron chi connectivity index (χ0n) is 15.1. The predicted molar refractivity (Wildman–Crippen MR) is 115 cm³/mol. The first kappa shape index (κ1) is 17.4. The maximum atomic E-state index is 11.4. The van der Waals surface area contributed by atoms with Gasteiger partial charge in [-0.25, -0.2) is 9.78 Å². The van der Waals surface area contributed by atoms with E-state index in [1.165, 1.54) is 17.4 Å². The summed E-state index contributed by atoms with van der Waals surface area (Å²) in [7, 11) is 0. The van der Waals surface area contributed by atoms with E-state index in [1.54, 1.807) is 23.1 Å². The third-order valence-electron chi connectivity index (χ3n) is 4.81. The minimum absolute atomic E-state index is 0.114. The fourth-order valence-corrected chi connectivity index (χ4v) is 4.28. The van der Waals surface area contributed by atoms with Crippen LogP contribution in [0.2, 0.25) is 0 Å². The molecule has 0 radical (unpaired) electrons. The average Bonchev–Trinajstić information content (AvgIpc) is 3.32. The Morgan fingerprint density at radius 1 is 1.10 bits per heavy atom. The smallest absolute Gasteiger partial charge is 0.336 e. The number of aromatic nitrogens is 1. The van der Waals surface area contributed by atoms with Crippen LogP contribution in [0.4, 0.5) is 5.69 Å². The van der Waals surface area contributed by atoms with E-state index in [2.05, 4.69) is 4.98 Å². The van der Waals surface area contributed by atoms with Crippen molar-refractivity contribution < 1.29 is 9.52 Å². The van der Waals surface area contributed by atoms with Gasteiger partial charge in [0.1, 0.15) is 22.2 Å². The van der Waals surface area contributed by atoms with E-state index in [1.807, 2.05) is 41.8 Å². The van der Waals surface area contributed by atoms with Crippen molar-refractivity contribution >= 4 is 39.4 Å². The summed E-state index contributed by atoms with van der Waals surface area (Å²) in [5.74, 6) is 0.303. The summed E-state index contributed by atoms with van der Waals surface area (Å²) in [5, 5.41) is 22.5. The average molecular weight is 401 g/mol. The van der Waals surface area contributed by atoms with Crippen molar-refractivity contribution in [1.82, 2.24) is 4.98 Å². The van der Waals surface area contributed by atoms with E-state index in [4.69, 9.17) is 9.83 Å². The van der Waals surface area contributed by atoms with E-state index >= 15 is 0 Å². The molecule has 0 fully saturated rings. The number of thiazole rings is 1. The topological polar surface area (TPSA) is 90.4 Å². The molecule has 2 aromatic carbocycles. The molecule has 2 N–H and O–H groups in total. The maximum absolute atomic E-state index is 11.4. The Kier molecular flexibility index (Phi) is 4.03. The van der Waals surface area contributed by atoms with Crippen LogP contribution in [0.25, 0.3) is 27.8 Å². The van der Waals surface area contributed by atoms with Crippen LogP contribution in [-0.2, 0) is 0 Å². The minimum atomic E-state index is -0.404. The summed E-state index contributed by atoms with van der Waals surface area (Å²) < 4.78 is 5.17. The Morgan fingerprint density at radius 2 is 1.93 bits per heavy atom. The number of rotatable bonds is 3. The maximum Gasteiger partial charge on any atom is 0.336 e. The van der Waals surface area contributed by atoms with Gasteiger partial charge < -0.3 is 14.4 Å². The molecular formula is C22H15N3O3S. The van der Waals surface area contributed by atoms with Crippen LogP contribution in [0.15, 0.2) is 81.0 Å². The lowest BCUT2D eigenvalue weighted by atomic mass is 10.2. The third-order valence-corrected chi connectivity index (χ3v) is 5.67. The summed E-state index contributed by atoms with van der Waals surface area (Å²) in [4.78, 5) is 17.7. The van der Waals surface area contributed by atoms with Gasteiger partial charge in [0, 0.05) is 28.1 Å². The molecule has 0 aliphatic carbocycles. The van der Waals surface area contributed by atoms with Crippen molar-refractivity contribution in [1.29, 1.82) is 5.41 Å². The molecule has 0 spiro atoms. The Labute approximate surface area is 169 Å². The van der Waals surface area contributed by atoms with Gasteiger partial charge in [0.2, 0.25) is 0 Å². The second-order valence-corrected chi connectivity index (χ2v) is 7.50. The minimum Gasteiger partial charge on any atom is -0.510 e. The van der Waals surface area contributed by atoms with E-state index in [-0.39, 0.29) is 18.1 Å². The summed E-state index contributed by atoms with van der Waals surface area (Å²) in [6, 6.07) is 18.2. The summed E-state index contributed by atoms with van der Waals surface area (Å²) in [6.45, 7) is 0.191. The van der Waals surface area contributed by atoms with Gasteiger partial charge in [-0.3, -0.25) is 5.41 Å². The largest absolute Gasteiger partial charge is 0.510 e. The quantitative estimate of drug-likeness (QED) is 0.486. The fourth-order valence-electron chi connectivity index (χ4n) is 3.38. The number of aliphatic hydroxyl groups excluding tert-OH is 1. The van der Waals surface area contributed by atoms with Gasteiger partial charge in [-0.05, 0) is 24.3 Å². The molecule has 0 bridgehead atoms. The molecule has 5 rings (SSSR count). The van der Waals surface area contributed by atoms with Crippen LogP contribution in [0.1, 0.15) is 5.01 Å². The van der Waals surface area contributed by atoms with Crippen molar-refractivity contribution in [3.63, 3.8) is 0 Å². The Bertz CT molecular complexity index is 1340. The lowest BCUT2D eigenvalue weighted by Gasteiger charge is -2.18. The molecule has 2 aromatic heterocycles. The van der Waals surface area contributed by atoms with Gasteiger partial charge in [-0.2, -0.15) is 0 Å². The monoisotopic (exact) mass is 401 g/mol. The predicted octanol–water partition coefficient (Wildman–Crippen LogP) is 4.68. The highest BCUT2D eigenvalue weighted by atomic mass is 32.1. The molecule has 6 nitrogen and oxygen atoms in total. The van der Waals surface area contributed by atoms with E-state index < -0.39 is 5.63 Å². The van der Waals surface area contributed by atoms with Crippen molar-refractivity contribution in [2.45, 2.75) is 0 Å². The highest BCUT2D eigenvalue weighted by molar-refractivity contribution is 7.11. The summed E-state index contributed by atoms with van der Waals surface area (Å²) in [6.07, 6.45) is 0. The molecule has 0 unspecified atom stereocenters. The second-order valence-electron chi connectivity index (χ2n) is 6.64. The molecule has 3 heterocycles. The number of aliphatic hydroxyl groups is 1. The van der Waals surface area contributed by atoms with Gasteiger partial charge >= 0.3 is 5.63 Å². The van der Waals surface area contributed by atoms with E-state index in [0.717, 1.165) is 22.3 Å². The third kappa shape index (κ3) is 3.01. The SMILES string of the molecule is N=C1C(c2nc(-c3ccccc3)cs2)=C(O)CN1c1ccc2oc(=O)ccc2c1. The van der Waals surface area contributed by atoms with Crippen LogP contribution in [0.5, 0.6) is 0 Å². The van der Waals surface area contributed by atoms with Gasteiger partial charge in [0.15, 0.2) is 0 Å². The highest BCUT2D eigenvalue weighted by Crippen LogP contribution is 2.35. The molecular weight excluding hydrogens is 386 g/mol. The standard InChI is InChI=1S/C22H15N3O3S/c23-21-20(22-24-16(12-29-22)13-4-2-1-3-5-13)17(26)11-25(21)15-7-8-18-14(10-15)6-9-19(27)28-18/h1-10,12,23,26H,11H2. The first-order valence-corrected chi connectivity index (χ1v) is 9.82. The first-order chi connectivity index (χ1) is 14.1. The number of amidine groups is 1. The van der Waals surface area contributed by atoms with Crippen LogP contribution >= 0.6 is 11.3 Å². The zero-order valence-corrected chi connectivity index (χ0v) is 15.9. The number of anilines is 1. The van der Waals surface area contributed by atoms with Crippen molar-refractivity contribution in [3.8, 4) is 11.3 Å². The Morgan fingerprint density at radius 3 is 2.76 bits per heavy atom. The van der Waals surface area contributed by atoms with Crippen LogP contribution in [0, 0.1) is 5.41 Å². The van der Waals surface area contributed by atoms with Gasteiger partial charge in [0.05, 0.1) is 17.8 Å². The second kappa shape index (κ2) is 6.72. The van der Waals surface area contributed by atoms with Gasteiger partial charge in [-0.15, -0.1) is 11.3 Å².